The van der Waals surface area contributed by atoms with Gasteiger partial charge in [0, 0.05) is 34.9 Å². The van der Waals surface area contributed by atoms with Crippen LogP contribution < -0.4 is 4.90 Å². The van der Waals surface area contributed by atoms with Crippen molar-refractivity contribution in [3.63, 3.8) is 0 Å². The molecule has 6 rings (SSSR count). The summed E-state index contributed by atoms with van der Waals surface area (Å²) in [7, 11) is 0. The number of anilines is 1. The van der Waals surface area contributed by atoms with Gasteiger partial charge in [-0.2, -0.15) is 0 Å². The Kier molecular flexibility index (Phi) is 5.19. The first-order valence-electron chi connectivity index (χ1n) is 12.5. The summed E-state index contributed by atoms with van der Waals surface area (Å²) < 4.78 is 2.12. The molecular weight excluding hydrogens is 464 g/mol. The number of hydrogen-bond donors (Lipinski definition) is 1. The SMILES string of the molecule is CCn1c(C)c(C(=O)C2(c3ccccc3)CN3c4cc(C)ccc4N=CC3N2C(=O)O)c2ccccc21. The largest absolute Gasteiger partial charge is 0.465 e. The van der Waals surface area contributed by atoms with E-state index in [1.54, 1.807) is 6.21 Å². The number of fused-ring (bicyclic) bond motifs is 4. The zero-order chi connectivity index (χ0) is 25.9. The van der Waals surface area contributed by atoms with Gasteiger partial charge in [-0.1, -0.05) is 54.6 Å². The number of carboxylic acid groups (broad SMARTS) is 1. The highest BCUT2D eigenvalue weighted by Crippen LogP contribution is 2.48. The van der Waals surface area contributed by atoms with Gasteiger partial charge in [-0.05, 0) is 50.1 Å². The molecule has 1 aromatic heterocycles. The molecular formula is C30H28N4O3. The summed E-state index contributed by atoms with van der Waals surface area (Å²) in [5, 5.41) is 11.5. The fraction of sp³-hybridized carbons (Fsp3) is 0.233. The second-order valence-corrected chi connectivity index (χ2v) is 9.74. The van der Waals surface area contributed by atoms with Crippen molar-refractivity contribution in [3.8, 4) is 0 Å². The molecule has 3 aromatic carbocycles. The molecule has 1 N–H and O–H groups in total. The molecule has 2 aliphatic rings. The van der Waals surface area contributed by atoms with Gasteiger partial charge in [-0.15, -0.1) is 0 Å². The summed E-state index contributed by atoms with van der Waals surface area (Å²) in [5.41, 5.74) is 4.18. The predicted molar refractivity (Wildman–Crippen MR) is 145 cm³/mol. The second kappa shape index (κ2) is 8.34. The first-order valence-corrected chi connectivity index (χ1v) is 12.5. The number of aromatic nitrogens is 1. The molecule has 2 unspecified atom stereocenters. The Labute approximate surface area is 215 Å². The molecule has 1 fully saturated rings. The van der Waals surface area contributed by atoms with E-state index in [0.717, 1.165) is 33.5 Å². The number of carbonyl (C=O) groups is 2. The molecule has 0 aliphatic carbocycles. The monoisotopic (exact) mass is 492 g/mol. The highest BCUT2D eigenvalue weighted by Gasteiger charge is 2.60. The van der Waals surface area contributed by atoms with Gasteiger partial charge in [0.15, 0.2) is 11.3 Å². The average molecular weight is 493 g/mol. The van der Waals surface area contributed by atoms with Crippen LogP contribution >= 0.6 is 0 Å². The Morgan fingerprint density at radius 2 is 1.76 bits per heavy atom. The van der Waals surface area contributed by atoms with E-state index in [4.69, 9.17) is 0 Å². The average Bonchev–Trinajstić information content (AvgIpc) is 3.41. The molecule has 2 atom stereocenters. The van der Waals surface area contributed by atoms with Crippen molar-refractivity contribution >= 4 is 40.4 Å². The van der Waals surface area contributed by atoms with Gasteiger partial charge in [0.2, 0.25) is 0 Å². The number of rotatable bonds is 4. The van der Waals surface area contributed by atoms with E-state index in [2.05, 4.69) is 16.5 Å². The summed E-state index contributed by atoms with van der Waals surface area (Å²) in [6.45, 7) is 6.88. The number of hydrogen-bond acceptors (Lipinski definition) is 4. The smallest absolute Gasteiger partial charge is 0.410 e. The molecule has 186 valence electrons. The van der Waals surface area contributed by atoms with Crippen LogP contribution in [0.1, 0.15) is 34.1 Å². The number of aliphatic imine (C=N–C) groups is 1. The van der Waals surface area contributed by atoms with Crippen molar-refractivity contribution in [1.29, 1.82) is 0 Å². The van der Waals surface area contributed by atoms with E-state index in [0.29, 0.717) is 17.7 Å². The predicted octanol–water partition coefficient (Wildman–Crippen LogP) is 5.90. The van der Waals surface area contributed by atoms with Gasteiger partial charge in [0.05, 0.1) is 17.9 Å². The topological polar surface area (TPSA) is 78.1 Å². The number of nitrogens with zero attached hydrogens (tertiary/aromatic N) is 4. The van der Waals surface area contributed by atoms with Crippen LogP contribution in [0.15, 0.2) is 77.8 Å². The third-order valence-corrected chi connectivity index (χ3v) is 7.79. The standard InChI is InChI=1S/C30H28N4O3/c1-4-32-20(3)27(22-12-8-9-13-24(22)32)28(35)30(21-10-6-5-7-11-21)18-33-25-16-19(2)14-15-23(25)31-17-26(33)34(30)29(36)37/h5-17,26H,4,18H2,1-3H3,(H,36,37). The minimum absolute atomic E-state index is 0.181. The lowest BCUT2D eigenvalue weighted by Crippen LogP contribution is -2.55. The summed E-state index contributed by atoms with van der Waals surface area (Å²) in [6, 6.07) is 23.1. The minimum Gasteiger partial charge on any atom is -0.465 e. The Bertz CT molecular complexity index is 1590. The van der Waals surface area contributed by atoms with Crippen LogP contribution in [0.3, 0.4) is 0 Å². The van der Waals surface area contributed by atoms with Crippen molar-refractivity contribution in [2.75, 3.05) is 11.4 Å². The van der Waals surface area contributed by atoms with Crippen molar-refractivity contribution in [2.24, 2.45) is 4.99 Å². The molecule has 0 spiro atoms. The Balaban J connectivity index is 1.64. The van der Waals surface area contributed by atoms with E-state index in [1.165, 1.54) is 4.90 Å². The molecule has 4 aromatic rings. The summed E-state index contributed by atoms with van der Waals surface area (Å²) in [4.78, 5) is 35.9. The van der Waals surface area contributed by atoms with Gasteiger partial charge in [-0.25, -0.2) is 4.79 Å². The number of amides is 1. The van der Waals surface area contributed by atoms with E-state index < -0.39 is 17.8 Å². The minimum atomic E-state index is -1.47. The van der Waals surface area contributed by atoms with Crippen molar-refractivity contribution in [1.82, 2.24) is 9.47 Å². The summed E-state index contributed by atoms with van der Waals surface area (Å²) in [5.74, 6) is -0.223. The van der Waals surface area contributed by atoms with Gasteiger partial charge in [0.25, 0.3) is 0 Å². The van der Waals surface area contributed by atoms with Crippen LogP contribution in [-0.2, 0) is 12.1 Å². The number of benzene rings is 3. The maximum atomic E-state index is 15.0. The first-order chi connectivity index (χ1) is 17.9. The van der Waals surface area contributed by atoms with Crippen LogP contribution in [0, 0.1) is 13.8 Å². The number of ketones is 1. The van der Waals surface area contributed by atoms with Crippen molar-refractivity contribution in [3.05, 3.63) is 95.2 Å². The molecule has 37 heavy (non-hydrogen) atoms. The third kappa shape index (κ3) is 3.16. The quantitative estimate of drug-likeness (QED) is 0.360. The zero-order valence-electron chi connectivity index (χ0n) is 21.0. The lowest BCUT2D eigenvalue weighted by Gasteiger charge is -2.36. The molecule has 0 saturated carbocycles. The zero-order valence-corrected chi connectivity index (χ0v) is 21.0. The Hall–Kier alpha value is -4.39. The van der Waals surface area contributed by atoms with Crippen LogP contribution in [0.25, 0.3) is 10.9 Å². The van der Waals surface area contributed by atoms with E-state index in [-0.39, 0.29) is 12.3 Å². The number of carbonyl (C=O) groups excluding carboxylic acids is 1. The van der Waals surface area contributed by atoms with Crippen LogP contribution in [0.5, 0.6) is 0 Å². The first kappa shape index (κ1) is 23.0. The molecule has 2 aliphatic heterocycles. The van der Waals surface area contributed by atoms with E-state index >= 15 is 0 Å². The Morgan fingerprint density at radius 1 is 1.03 bits per heavy atom. The lowest BCUT2D eigenvalue weighted by molar-refractivity contribution is 0.0628. The van der Waals surface area contributed by atoms with Gasteiger partial charge in [-0.3, -0.25) is 14.7 Å². The summed E-state index contributed by atoms with van der Waals surface area (Å²) in [6.07, 6.45) is -0.230. The van der Waals surface area contributed by atoms with Crippen LogP contribution in [0.2, 0.25) is 0 Å². The van der Waals surface area contributed by atoms with E-state index in [1.807, 2.05) is 91.5 Å². The molecule has 1 saturated heterocycles. The van der Waals surface area contributed by atoms with Crippen molar-refractivity contribution in [2.45, 2.75) is 39.0 Å². The number of para-hydroxylation sites is 1. The van der Waals surface area contributed by atoms with Gasteiger partial charge in [0.1, 0.15) is 6.17 Å². The molecule has 0 radical (unpaired) electrons. The highest BCUT2D eigenvalue weighted by atomic mass is 16.4. The Morgan fingerprint density at radius 3 is 2.49 bits per heavy atom. The fourth-order valence-electron chi connectivity index (χ4n) is 6.14. The fourth-order valence-corrected chi connectivity index (χ4v) is 6.14. The van der Waals surface area contributed by atoms with Crippen molar-refractivity contribution < 1.29 is 14.7 Å². The molecule has 1 amide bonds. The van der Waals surface area contributed by atoms with Gasteiger partial charge < -0.3 is 14.6 Å². The van der Waals surface area contributed by atoms with Crippen LogP contribution in [0.4, 0.5) is 16.2 Å². The summed E-state index contributed by atoms with van der Waals surface area (Å²) >= 11 is 0. The van der Waals surface area contributed by atoms with Gasteiger partial charge >= 0.3 is 6.09 Å². The second-order valence-electron chi connectivity index (χ2n) is 9.74. The van der Waals surface area contributed by atoms with E-state index in [9.17, 15) is 14.7 Å². The normalized spacial score (nSPS) is 20.2. The molecule has 7 heteroatoms. The highest BCUT2D eigenvalue weighted by molar-refractivity contribution is 6.16. The third-order valence-electron chi connectivity index (χ3n) is 7.79. The maximum absolute atomic E-state index is 15.0. The molecule has 0 bridgehead atoms. The number of aryl methyl sites for hydroxylation is 2. The maximum Gasteiger partial charge on any atom is 0.410 e. The molecule has 3 heterocycles. The van der Waals surface area contributed by atoms with Crippen LogP contribution in [-0.4, -0.2) is 45.4 Å². The lowest BCUT2D eigenvalue weighted by atomic mass is 9.81. The number of Topliss-reactive ketones (excluding diaryl/α,β-unsaturated/α-hetero) is 1. The molecule has 7 nitrogen and oxygen atoms in total.